The average Bonchev–Trinajstić information content (AvgIpc) is 2.76. The lowest BCUT2D eigenvalue weighted by molar-refractivity contribution is -0.141. The number of carbonyl (C=O) groups is 2. The molecule has 0 bridgehead atoms. The van der Waals surface area contributed by atoms with Crippen LogP contribution in [0, 0.1) is 12.7 Å². The molecule has 0 radical (unpaired) electrons. The number of carbonyl (C=O) groups excluding carboxylic acids is 2. The van der Waals surface area contributed by atoms with Gasteiger partial charge >= 0.3 is 0 Å². The molecule has 0 aliphatic carbocycles. The van der Waals surface area contributed by atoms with Crippen molar-refractivity contribution in [1.29, 1.82) is 0 Å². The minimum absolute atomic E-state index is 0.0620. The van der Waals surface area contributed by atoms with Crippen molar-refractivity contribution in [1.82, 2.24) is 10.2 Å². The lowest BCUT2D eigenvalue weighted by atomic mass is 10.1. The summed E-state index contributed by atoms with van der Waals surface area (Å²) in [6.45, 7) is 3.98. The predicted octanol–water partition coefficient (Wildman–Crippen LogP) is 3.23. The number of rotatable bonds is 11. The largest absolute Gasteiger partial charge is 0.357 e. The molecule has 2 amide bonds. The van der Waals surface area contributed by atoms with E-state index in [-0.39, 0.29) is 43.6 Å². The Bertz CT molecular complexity index is 1060. The smallest absolute Gasteiger partial charge is 0.242 e. The predicted molar refractivity (Wildman–Crippen MR) is 128 cm³/mol. The minimum Gasteiger partial charge on any atom is -0.357 e. The number of amides is 2. The molecule has 0 fully saturated rings. The molecule has 2 aromatic rings. The van der Waals surface area contributed by atoms with Gasteiger partial charge in [-0.05, 0) is 55.2 Å². The molecule has 0 saturated heterocycles. The number of sulfonamides is 1. The Balaban J connectivity index is 2.18. The Morgan fingerprint density at radius 3 is 2.33 bits per heavy atom. The number of hydrogen-bond acceptors (Lipinski definition) is 4. The van der Waals surface area contributed by atoms with Crippen LogP contribution in [0.2, 0.25) is 0 Å². The Morgan fingerprint density at radius 2 is 1.79 bits per heavy atom. The maximum atomic E-state index is 13.3. The summed E-state index contributed by atoms with van der Waals surface area (Å²) in [6, 6.07) is 12.3. The Hall–Kier alpha value is -2.94. The van der Waals surface area contributed by atoms with Crippen molar-refractivity contribution in [2.45, 2.75) is 45.7 Å². The van der Waals surface area contributed by atoms with Crippen molar-refractivity contribution in [2.24, 2.45) is 0 Å². The third kappa shape index (κ3) is 7.56. The fourth-order valence-electron chi connectivity index (χ4n) is 3.66. The first-order chi connectivity index (χ1) is 15.6. The van der Waals surface area contributed by atoms with Gasteiger partial charge in [0.25, 0.3) is 0 Å². The molecule has 0 saturated carbocycles. The number of benzene rings is 2. The third-order valence-corrected chi connectivity index (χ3v) is 6.53. The van der Waals surface area contributed by atoms with Gasteiger partial charge in [-0.1, -0.05) is 31.2 Å². The van der Waals surface area contributed by atoms with Gasteiger partial charge in [0.1, 0.15) is 11.9 Å². The van der Waals surface area contributed by atoms with E-state index in [1.165, 1.54) is 28.4 Å². The highest BCUT2D eigenvalue weighted by molar-refractivity contribution is 7.92. The first kappa shape index (κ1) is 26.3. The standard InChI is InChI=1S/C24H32FN3O4S/c1-5-22(24(30)26-3)27(17-19-11-13-20(25)14-12-19)23(29)10-7-15-28(33(4,31)32)21-9-6-8-18(2)16-21/h6,8-9,11-14,16,22H,5,7,10,15,17H2,1-4H3,(H,26,30). The van der Waals surface area contributed by atoms with Gasteiger partial charge < -0.3 is 10.2 Å². The molecule has 7 nitrogen and oxygen atoms in total. The number of aryl methyl sites for hydroxylation is 1. The summed E-state index contributed by atoms with van der Waals surface area (Å²) < 4.78 is 39.3. The zero-order valence-corrected chi connectivity index (χ0v) is 20.4. The number of likely N-dealkylation sites (N-methyl/N-ethyl adjacent to an activating group) is 1. The summed E-state index contributed by atoms with van der Waals surface area (Å²) in [5, 5.41) is 2.59. The van der Waals surface area contributed by atoms with Crippen molar-refractivity contribution in [3.8, 4) is 0 Å². The van der Waals surface area contributed by atoms with Gasteiger partial charge in [0.15, 0.2) is 0 Å². The molecule has 1 N–H and O–H groups in total. The average molecular weight is 478 g/mol. The van der Waals surface area contributed by atoms with Gasteiger partial charge in [0, 0.05) is 26.6 Å². The second kappa shape index (κ2) is 11.8. The van der Waals surface area contributed by atoms with Crippen LogP contribution < -0.4 is 9.62 Å². The first-order valence-electron chi connectivity index (χ1n) is 10.9. The molecule has 2 rings (SSSR count). The molecule has 0 aromatic heterocycles. The molecule has 0 aliphatic rings. The molecular weight excluding hydrogens is 445 g/mol. The highest BCUT2D eigenvalue weighted by Crippen LogP contribution is 2.20. The van der Waals surface area contributed by atoms with Gasteiger partial charge in [-0.3, -0.25) is 13.9 Å². The van der Waals surface area contributed by atoms with E-state index >= 15 is 0 Å². The summed E-state index contributed by atoms with van der Waals surface area (Å²) in [7, 11) is -2.02. The second-order valence-electron chi connectivity index (χ2n) is 7.96. The van der Waals surface area contributed by atoms with Crippen LogP contribution in [-0.2, 0) is 26.2 Å². The molecular formula is C24H32FN3O4S. The summed E-state index contributed by atoms with van der Waals surface area (Å²) >= 11 is 0. The molecule has 33 heavy (non-hydrogen) atoms. The summed E-state index contributed by atoms with van der Waals surface area (Å²) in [6.07, 6.45) is 1.89. The normalized spacial score (nSPS) is 12.2. The van der Waals surface area contributed by atoms with Crippen LogP contribution in [0.3, 0.4) is 0 Å². The summed E-state index contributed by atoms with van der Waals surface area (Å²) in [5.74, 6) is -0.940. The van der Waals surface area contributed by atoms with Crippen molar-refractivity contribution < 1.29 is 22.4 Å². The van der Waals surface area contributed by atoms with Gasteiger partial charge in [-0.2, -0.15) is 0 Å². The van der Waals surface area contributed by atoms with Crippen LogP contribution in [0.4, 0.5) is 10.1 Å². The lowest BCUT2D eigenvalue weighted by Gasteiger charge is -2.30. The third-order valence-electron chi connectivity index (χ3n) is 5.34. The van der Waals surface area contributed by atoms with Crippen molar-refractivity contribution in [3.05, 3.63) is 65.5 Å². The Kier molecular flexibility index (Phi) is 9.40. The van der Waals surface area contributed by atoms with Gasteiger partial charge in [-0.15, -0.1) is 0 Å². The fraction of sp³-hybridized carbons (Fsp3) is 0.417. The van der Waals surface area contributed by atoms with Crippen LogP contribution in [0.15, 0.2) is 48.5 Å². The topological polar surface area (TPSA) is 86.8 Å². The molecule has 0 aliphatic heterocycles. The summed E-state index contributed by atoms with van der Waals surface area (Å²) in [5.41, 5.74) is 2.17. The summed E-state index contributed by atoms with van der Waals surface area (Å²) in [4.78, 5) is 27.0. The molecule has 0 spiro atoms. The second-order valence-corrected chi connectivity index (χ2v) is 9.87. The molecule has 9 heteroatoms. The quantitative estimate of drug-likeness (QED) is 0.538. The van der Waals surface area contributed by atoms with Crippen LogP contribution >= 0.6 is 0 Å². The Labute approximate surface area is 195 Å². The molecule has 1 atom stereocenters. The SMILES string of the molecule is CCC(C(=O)NC)N(Cc1ccc(F)cc1)C(=O)CCCN(c1cccc(C)c1)S(C)(=O)=O. The van der Waals surface area contributed by atoms with Gasteiger partial charge in [0.2, 0.25) is 21.8 Å². The minimum atomic E-state index is -3.54. The highest BCUT2D eigenvalue weighted by atomic mass is 32.2. The van der Waals surface area contributed by atoms with E-state index in [0.29, 0.717) is 17.7 Å². The van der Waals surface area contributed by atoms with Crippen molar-refractivity contribution in [2.75, 3.05) is 24.2 Å². The lowest BCUT2D eigenvalue weighted by Crippen LogP contribution is -2.48. The number of halogens is 1. The van der Waals surface area contributed by atoms with E-state index < -0.39 is 16.1 Å². The fourth-order valence-corrected chi connectivity index (χ4v) is 4.62. The zero-order chi connectivity index (χ0) is 24.6. The monoisotopic (exact) mass is 477 g/mol. The van der Waals surface area contributed by atoms with Crippen LogP contribution in [0.1, 0.15) is 37.3 Å². The maximum absolute atomic E-state index is 13.3. The molecule has 2 aromatic carbocycles. The van der Waals surface area contributed by atoms with Crippen molar-refractivity contribution in [3.63, 3.8) is 0 Å². The van der Waals surface area contributed by atoms with Crippen LogP contribution in [-0.4, -0.2) is 51.0 Å². The maximum Gasteiger partial charge on any atom is 0.242 e. The number of hydrogen-bond donors (Lipinski definition) is 1. The number of anilines is 1. The number of nitrogens with zero attached hydrogens (tertiary/aromatic N) is 2. The highest BCUT2D eigenvalue weighted by Gasteiger charge is 2.28. The first-order valence-corrected chi connectivity index (χ1v) is 12.7. The molecule has 1 unspecified atom stereocenters. The van der Waals surface area contributed by atoms with E-state index in [1.54, 1.807) is 30.3 Å². The van der Waals surface area contributed by atoms with E-state index in [4.69, 9.17) is 0 Å². The molecule has 0 heterocycles. The van der Waals surface area contributed by atoms with Gasteiger partial charge in [0.05, 0.1) is 11.9 Å². The van der Waals surface area contributed by atoms with Crippen LogP contribution in [0.5, 0.6) is 0 Å². The van der Waals surface area contributed by atoms with E-state index in [2.05, 4.69) is 5.32 Å². The van der Waals surface area contributed by atoms with E-state index in [9.17, 15) is 22.4 Å². The van der Waals surface area contributed by atoms with Crippen LogP contribution in [0.25, 0.3) is 0 Å². The van der Waals surface area contributed by atoms with Crippen molar-refractivity contribution >= 4 is 27.5 Å². The van der Waals surface area contributed by atoms with Gasteiger partial charge in [-0.25, -0.2) is 12.8 Å². The Morgan fingerprint density at radius 1 is 1.12 bits per heavy atom. The zero-order valence-electron chi connectivity index (χ0n) is 19.5. The number of nitrogens with one attached hydrogen (secondary N) is 1. The molecule has 180 valence electrons. The van der Waals surface area contributed by atoms with E-state index in [1.807, 2.05) is 19.9 Å². The van der Waals surface area contributed by atoms with E-state index in [0.717, 1.165) is 11.8 Å².